The molecule has 0 bridgehead atoms. The van der Waals surface area contributed by atoms with Crippen LogP contribution in [0.5, 0.6) is 0 Å². The lowest BCUT2D eigenvalue weighted by Crippen LogP contribution is -2.39. The number of nitrogens with zero attached hydrogens (tertiary/aromatic N) is 4. The summed E-state index contributed by atoms with van der Waals surface area (Å²) in [6, 6.07) is 4.10. The van der Waals surface area contributed by atoms with E-state index >= 15 is 0 Å². The minimum Gasteiger partial charge on any atom is -0.393 e. The topological polar surface area (TPSA) is 113 Å². The van der Waals surface area contributed by atoms with E-state index in [1.165, 1.54) is 18.2 Å². The molecule has 9 heteroatoms. The second-order valence-electron chi connectivity index (χ2n) is 6.24. The smallest absolute Gasteiger partial charge is 0.292 e. The average Bonchev–Trinajstić information content (AvgIpc) is 2.79. The summed E-state index contributed by atoms with van der Waals surface area (Å²) in [4.78, 5) is 40.1. The van der Waals surface area contributed by atoms with Gasteiger partial charge in [-0.1, -0.05) is 0 Å². The molecule has 1 aliphatic heterocycles. The predicted octanol–water partition coefficient (Wildman–Crippen LogP) is 0.413. The van der Waals surface area contributed by atoms with Gasteiger partial charge in [0.1, 0.15) is 5.69 Å². The van der Waals surface area contributed by atoms with E-state index in [0.717, 1.165) is 13.0 Å². The number of likely N-dealkylation sites (N-methyl/N-ethyl adjacent to an activating group) is 1. The van der Waals surface area contributed by atoms with Crippen molar-refractivity contribution >= 4 is 23.2 Å². The second kappa shape index (κ2) is 7.93. The minimum absolute atomic E-state index is 0.0222. The number of nitro benzene ring substituents is 1. The molecule has 2 N–H and O–H groups in total. The molecule has 136 valence electrons. The second-order valence-corrected chi connectivity index (χ2v) is 6.24. The summed E-state index contributed by atoms with van der Waals surface area (Å²) >= 11 is 0. The van der Waals surface area contributed by atoms with Crippen LogP contribution in [0.1, 0.15) is 16.8 Å². The van der Waals surface area contributed by atoms with Crippen molar-refractivity contribution in [3.8, 4) is 0 Å². The van der Waals surface area contributed by atoms with Gasteiger partial charge in [-0.25, -0.2) is 0 Å². The number of nitrogen functional groups attached to an aromatic ring is 1. The third-order valence-electron chi connectivity index (χ3n) is 4.21. The number of nitrogens with two attached hydrogens (primary N) is 1. The van der Waals surface area contributed by atoms with Crippen molar-refractivity contribution in [3.63, 3.8) is 0 Å². The first-order valence-corrected chi connectivity index (χ1v) is 8.05. The van der Waals surface area contributed by atoms with E-state index in [2.05, 4.69) is 0 Å². The normalized spacial score (nSPS) is 15.5. The van der Waals surface area contributed by atoms with E-state index in [1.807, 2.05) is 4.90 Å². The summed E-state index contributed by atoms with van der Waals surface area (Å²) in [5.41, 5.74) is 5.59. The number of hydrogen-bond acceptors (Lipinski definition) is 6. The van der Waals surface area contributed by atoms with Crippen LogP contribution in [0.4, 0.5) is 11.4 Å². The van der Waals surface area contributed by atoms with Gasteiger partial charge in [0, 0.05) is 51.9 Å². The number of amides is 2. The Kier molecular flexibility index (Phi) is 5.92. The Labute approximate surface area is 146 Å². The number of carbonyl (C=O) groups is 2. The zero-order valence-corrected chi connectivity index (χ0v) is 14.5. The molecule has 1 aromatic rings. The summed E-state index contributed by atoms with van der Waals surface area (Å²) in [7, 11) is 3.42. The SMILES string of the molecule is CN(C)C(=O)CN1CCCN(C(=O)c2ccc(N)c([N+](=O)[O-])c2)CC1. The van der Waals surface area contributed by atoms with Crippen molar-refractivity contribution in [1.29, 1.82) is 0 Å². The van der Waals surface area contributed by atoms with Gasteiger partial charge in [0.25, 0.3) is 11.6 Å². The number of benzene rings is 1. The molecule has 0 aliphatic carbocycles. The average molecular weight is 349 g/mol. The Morgan fingerprint density at radius 3 is 2.60 bits per heavy atom. The first kappa shape index (κ1) is 18.7. The highest BCUT2D eigenvalue weighted by molar-refractivity contribution is 5.95. The number of rotatable bonds is 4. The molecule has 2 rings (SSSR count). The molecule has 25 heavy (non-hydrogen) atoms. The van der Waals surface area contributed by atoms with E-state index in [-0.39, 0.29) is 28.8 Å². The third-order valence-corrected chi connectivity index (χ3v) is 4.21. The Bertz CT molecular complexity index is 676. The maximum Gasteiger partial charge on any atom is 0.292 e. The van der Waals surface area contributed by atoms with Gasteiger partial charge < -0.3 is 15.5 Å². The first-order valence-electron chi connectivity index (χ1n) is 8.05. The Hall–Kier alpha value is -2.68. The molecule has 1 aromatic carbocycles. The molecule has 1 heterocycles. The zero-order valence-electron chi connectivity index (χ0n) is 14.5. The van der Waals surface area contributed by atoms with E-state index < -0.39 is 4.92 Å². The molecule has 0 spiro atoms. The Morgan fingerprint density at radius 1 is 1.24 bits per heavy atom. The van der Waals surface area contributed by atoms with Crippen molar-refractivity contribution in [2.24, 2.45) is 0 Å². The summed E-state index contributed by atoms with van der Waals surface area (Å²) in [6.07, 6.45) is 0.740. The van der Waals surface area contributed by atoms with Crippen LogP contribution in [0, 0.1) is 10.1 Å². The molecule has 0 unspecified atom stereocenters. The van der Waals surface area contributed by atoms with Crippen LogP contribution in [0.15, 0.2) is 18.2 Å². The fraction of sp³-hybridized carbons (Fsp3) is 0.500. The molecule has 0 saturated carbocycles. The standard InChI is InChI=1S/C16H23N5O4/c1-18(2)15(22)11-19-6-3-7-20(9-8-19)16(23)12-4-5-13(17)14(10-12)21(24)25/h4-5,10H,3,6-9,11,17H2,1-2H3. The molecule has 0 radical (unpaired) electrons. The molecule has 9 nitrogen and oxygen atoms in total. The molecule has 1 fully saturated rings. The van der Waals surface area contributed by atoms with Crippen LogP contribution in [-0.2, 0) is 4.79 Å². The summed E-state index contributed by atoms with van der Waals surface area (Å²) in [6.45, 7) is 2.65. The van der Waals surface area contributed by atoms with E-state index in [1.54, 1.807) is 23.9 Å². The van der Waals surface area contributed by atoms with E-state index in [0.29, 0.717) is 26.2 Å². The fourth-order valence-electron chi connectivity index (χ4n) is 2.68. The summed E-state index contributed by atoms with van der Waals surface area (Å²) < 4.78 is 0. The quantitative estimate of drug-likeness (QED) is 0.479. The minimum atomic E-state index is -0.594. The number of carbonyl (C=O) groups excluding carboxylic acids is 2. The molecular formula is C16H23N5O4. The van der Waals surface area contributed by atoms with Gasteiger partial charge in [-0.3, -0.25) is 24.6 Å². The Morgan fingerprint density at radius 2 is 1.96 bits per heavy atom. The van der Waals surface area contributed by atoms with Gasteiger partial charge in [0.15, 0.2) is 0 Å². The van der Waals surface area contributed by atoms with Crippen LogP contribution >= 0.6 is 0 Å². The lowest BCUT2D eigenvalue weighted by Gasteiger charge is -2.22. The highest BCUT2D eigenvalue weighted by Gasteiger charge is 2.23. The van der Waals surface area contributed by atoms with Gasteiger partial charge in [0.05, 0.1) is 11.5 Å². The van der Waals surface area contributed by atoms with Crippen molar-refractivity contribution in [2.45, 2.75) is 6.42 Å². The number of nitro groups is 1. The van der Waals surface area contributed by atoms with Gasteiger partial charge in [-0.15, -0.1) is 0 Å². The predicted molar refractivity (Wildman–Crippen MR) is 93.2 cm³/mol. The molecule has 1 aliphatic rings. The van der Waals surface area contributed by atoms with Crippen LogP contribution in [0.2, 0.25) is 0 Å². The van der Waals surface area contributed by atoms with Crippen molar-refractivity contribution in [3.05, 3.63) is 33.9 Å². The molecule has 0 atom stereocenters. The maximum absolute atomic E-state index is 12.6. The summed E-state index contributed by atoms with van der Waals surface area (Å²) in [5.74, 6) is -0.238. The highest BCUT2D eigenvalue weighted by Crippen LogP contribution is 2.23. The first-order chi connectivity index (χ1) is 11.8. The van der Waals surface area contributed by atoms with Gasteiger partial charge in [-0.05, 0) is 18.6 Å². The van der Waals surface area contributed by atoms with Crippen LogP contribution in [0.3, 0.4) is 0 Å². The van der Waals surface area contributed by atoms with Crippen LogP contribution in [0.25, 0.3) is 0 Å². The van der Waals surface area contributed by atoms with Gasteiger partial charge in [0.2, 0.25) is 5.91 Å². The molecule has 1 saturated heterocycles. The van der Waals surface area contributed by atoms with E-state index in [4.69, 9.17) is 5.73 Å². The highest BCUT2D eigenvalue weighted by atomic mass is 16.6. The van der Waals surface area contributed by atoms with Crippen molar-refractivity contribution in [1.82, 2.24) is 14.7 Å². The lowest BCUT2D eigenvalue weighted by atomic mass is 10.1. The van der Waals surface area contributed by atoms with Crippen LogP contribution < -0.4 is 5.73 Å². The van der Waals surface area contributed by atoms with Crippen molar-refractivity contribution < 1.29 is 14.5 Å². The maximum atomic E-state index is 12.6. The molecule has 2 amide bonds. The lowest BCUT2D eigenvalue weighted by molar-refractivity contribution is -0.383. The molecular weight excluding hydrogens is 326 g/mol. The summed E-state index contributed by atoms with van der Waals surface area (Å²) in [5, 5.41) is 11.0. The van der Waals surface area contributed by atoms with E-state index in [9.17, 15) is 19.7 Å². The fourth-order valence-corrected chi connectivity index (χ4v) is 2.68. The largest absolute Gasteiger partial charge is 0.393 e. The molecule has 0 aromatic heterocycles. The monoisotopic (exact) mass is 349 g/mol. The Balaban J connectivity index is 2.05. The van der Waals surface area contributed by atoms with Crippen LogP contribution in [-0.4, -0.2) is 78.3 Å². The number of anilines is 1. The third kappa shape index (κ3) is 4.66. The number of hydrogen-bond donors (Lipinski definition) is 1. The van der Waals surface area contributed by atoms with Gasteiger partial charge in [-0.2, -0.15) is 0 Å². The zero-order chi connectivity index (χ0) is 18.6. The van der Waals surface area contributed by atoms with Gasteiger partial charge >= 0.3 is 0 Å². The van der Waals surface area contributed by atoms with Crippen molar-refractivity contribution in [2.75, 3.05) is 52.6 Å².